The second kappa shape index (κ2) is 29.2. The maximum Gasteiger partial charge on any atom is 0.516 e. The first-order valence-electron chi connectivity index (χ1n) is 29.4. The van der Waals surface area contributed by atoms with Gasteiger partial charge in [0.15, 0.2) is 29.9 Å². The van der Waals surface area contributed by atoms with Crippen molar-refractivity contribution in [1.82, 2.24) is 29.9 Å². The van der Waals surface area contributed by atoms with Crippen molar-refractivity contribution in [2.45, 2.75) is 44.0 Å². The number of carbonyl (C=O) groups is 1. The van der Waals surface area contributed by atoms with Crippen LogP contribution in [0.15, 0.2) is 205 Å². The van der Waals surface area contributed by atoms with E-state index in [-0.39, 0.29) is 21.9 Å². The van der Waals surface area contributed by atoms with Crippen LogP contribution in [-0.4, -0.2) is 83.8 Å². The van der Waals surface area contributed by atoms with Crippen LogP contribution in [0.25, 0.3) is 66.5 Å². The SMILES string of the molecule is CC(=O)c1ccccc1-c1ccc2nc(C#Cc3ccc(OCC(C)(F)F)cc3)[nH]c2c1.CCOc1ccc(C#Cc2nc3ccc(-c4ccccc4NS(=O)(=O)C(F)(F)F)cc3[nH]2)cc1.CCOc1ccc(C#Cc2nc3ccc(-c4ccccc4S(N)(=O)=O)cc3[nH]2)cc1. The van der Waals surface area contributed by atoms with Gasteiger partial charge in [-0.1, -0.05) is 96.6 Å². The summed E-state index contributed by atoms with van der Waals surface area (Å²) in [5, 5.41) is 5.36. The lowest BCUT2D eigenvalue weighted by Gasteiger charge is -2.14. The van der Waals surface area contributed by atoms with Crippen molar-refractivity contribution in [1.29, 1.82) is 0 Å². The molecule has 0 bridgehead atoms. The molecular formula is C73H57F5N8O8S2. The number of benzene rings is 9. The lowest BCUT2D eigenvalue weighted by Crippen LogP contribution is -2.30. The molecular weight excluding hydrogens is 1280 g/mol. The molecule has 16 nitrogen and oxygen atoms in total. The molecule has 484 valence electrons. The largest absolute Gasteiger partial charge is 0.516 e. The number of carbonyl (C=O) groups excluding carboxylic acids is 1. The Balaban J connectivity index is 0.000000157. The predicted octanol–water partition coefficient (Wildman–Crippen LogP) is 14.8. The van der Waals surface area contributed by atoms with E-state index >= 15 is 0 Å². The van der Waals surface area contributed by atoms with Crippen LogP contribution in [-0.2, 0) is 20.0 Å². The van der Waals surface area contributed by atoms with Gasteiger partial charge in [0.2, 0.25) is 10.0 Å². The number of alkyl halides is 5. The van der Waals surface area contributed by atoms with Crippen LogP contribution in [0.2, 0.25) is 0 Å². The van der Waals surface area contributed by atoms with Crippen LogP contribution in [0.1, 0.15) is 72.2 Å². The maximum absolute atomic E-state index is 12.9. The van der Waals surface area contributed by atoms with Gasteiger partial charge in [-0.3, -0.25) is 9.52 Å². The molecule has 9 aromatic carbocycles. The summed E-state index contributed by atoms with van der Waals surface area (Å²) in [7, 11) is -9.39. The minimum Gasteiger partial charge on any atom is -0.494 e. The van der Waals surface area contributed by atoms with Gasteiger partial charge in [-0.15, -0.1) is 0 Å². The van der Waals surface area contributed by atoms with Crippen LogP contribution in [0, 0.1) is 35.5 Å². The number of primary sulfonamides is 1. The smallest absolute Gasteiger partial charge is 0.494 e. The third-order valence-corrected chi connectivity index (χ3v) is 16.1. The summed E-state index contributed by atoms with van der Waals surface area (Å²) >= 11 is 0. The van der Waals surface area contributed by atoms with Crippen molar-refractivity contribution in [2.24, 2.45) is 5.14 Å². The summed E-state index contributed by atoms with van der Waals surface area (Å²) in [6.45, 7) is 6.73. The fourth-order valence-corrected chi connectivity index (χ4v) is 10.9. The molecule has 0 aliphatic rings. The number of ketones is 1. The van der Waals surface area contributed by atoms with E-state index in [0.717, 1.165) is 68.3 Å². The number of imidazole rings is 3. The third-order valence-electron chi connectivity index (χ3n) is 14.0. The number of Topliss-reactive ketones (excluding diaryl/α,β-unsaturated/α-hetero) is 1. The number of halogens is 5. The van der Waals surface area contributed by atoms with Crippen LogP contribution < -0.4 is 24.1 Å². The molecule has 0 spiro atoms. The topological polar surface area (TPSA) is 237 Å². The number of sulfonamides is 2. The van der Waals surface area contributed by atoms with Crippen LogP contribution >= 0.6 is 0 Å². The number of hydrogen-bond donors (Lipinski definition) is 5. The number of aromatic nitrogens is 6. The molecule has 0 saturated heterocycles. The van der Waals surface area contributed by atoms with E-state index in [2.05, 4.69) is 65.4 Å². The molecule has 0 unspecified atom stereocenters. The average Bonchev–Trinajstić information content (AvgIpc) is 1.48. The summed E-state index contributed by atoms with van der Waals surface area (Å²) < 4.78 is 129. The number of rotatable bonds is 14. The molecule has 6 N–H and O–H groups in total. The Bertz CT molecular complexity index is 5270. The first kappa shape index (κ1) is 67.3. The Hall–Kier alpha value is -11.6. The number of para-hydroxylation sites is 1. The van der Waals surface area contributed by atoms with Gasteiger partial charge in [-0.25, -0.2) is 37.3 Å². The number of ether oxygens (including phenoxy) is 3. The van der Waals surface area contributed by atoms with E-state index in [4.69, 9.17) is 19.3 Å². The number of nitrogens with zero attached hydrogens (tertiary/aromatic N) is 3. The second-order valence-electron chi connectivity index (χ2n) is 21.2. The van der Waals surface area contributed by atoms with E-state index in [9.17, 15) is 43.6 Å². The van der Waals surface area contributed by atoms with Crippen molar-refractivity contribution in [3.63, 3.8) is 0 Å². The zero-order valence-electron chi connectivity index (χ0n) is 51.6. The zero-order valence-corrected chi connectivity index (χ0v) is 53.2. The van der Waals surface area contributed by atoms with E-state index in [1.807, 2.05) is 123 Å². The third kappa shape index (κ3) is 17.4. The molecule has 12 aromatic rings. The van der Waals surface area contributed by atoms with Gasteiger partial charge in [0.05, 0.1) is 56.9 Å². The molecule has 0 atom stereocenters. The normalized spacial score (nSPS) is 11.3. The molecule has 23 heteroatoms. The Morgan fingerprint density at radius 1 is 0.490 bits per heavy atom. The van der Waals surface area contributed by atoms with Crippen molar-refractivity contribution in [3.05, 3.63) is 240 Å². The highest BCUT2D eigenvalue weighted by molar-refractivity contribution is 7.93. The Labute approximate surface area is 549 Å². The molecule has 12 rings (SSSR count). The van der Waals surface area contributed by atoms with Crippen molar-refractivity contribution in [3.8, 4) is 86.2 Å². The molecule has 3 aromatic heterocycles. The fourth-order valence-electron chi connectivity index (χ4n) is 9.57. The lowest BCUT2D eigenvalue weighted by molar-refractivity contribution is -0.0429. The number of nitrogens with two attached hydrogens (primary N) is 1. The number of fused-ring (bicyclic) bond motifs is 3. The van der Waals surface area contributed by atoms with Gasteiger partial charge in [0, 0.05) is 40.3 Å². The predicted molar refractivity (Wildman–Crippen MR) is 360 cm³/mol. The average molecular weight is 1330 g/mol. The van der Waals surface area contributed by atoms with Gasteiger partial charge in [-0.05, 0) is 182 Å². The van der Waals surface area contributed by atoms with Gasteiger partial charge in [0.25, 0.3) is 5.92 Å². The van der Waals surface area contributed by atoms with E-state index in [1.165, 1.54) is 24.3 Å². The van der Waals surface area contributed by atoms with Gasteiger partial charge in [0.1, 0.15) is 17.2 Å². The van der Waals surface area contributed by atoms with E-state index in [1.54, 1.807) is 78.4 Å². The summed E-state index contributed by atoms with van der Waals surface area (Å²) in [4.78, 5) is 34.9. The van der Waals surface area contributed by atoms with Crippen molar-refractivity contribution in [2.75, 3.05) is 24.5 Å². The maximum atomic E-state index is 12.9. The molecule has 0 fully saturated rings. The van der Waals surface area contributed by atoms with Crippen LogP contribution in [0.4, 0.5) is 27.6 Å². The highest BCUT2D eigenvalue weighted by Crippen LogP contribution is 2.35. The Morgan fingerprint density at radius 2 is 0.865 bits per heavy atom. The monoisotopic (exact) mass is 1330 g/mol. The van der Waals surface area contributed by atoms with Crippen LogP contribution in [0.5, 0.6) is 17.2 Å². The molecule has 0 aliphatic carbocycles. The number of anilines is 1. The van der Waals surface area contributed by atoms with Crippen molar-refractivity contribution < 1.29 is 57.8 Å². The molecule has 0 aliphatic heterocycles. The summed E-state index contributed by atoms with van der Waals surface area (Å²) in [6, 6.07) is 57.7. The quantitative estimate of drug-likeness (QED) is 0.0390. The van der Waals surface area contributed by atoms with Crippen LogP contribution in [0.3, 0.4) is 0 Å². The number of nitrogens with one attached hydrogen (secondary N) is 4. The Kier molecular flexibility index (Phi) is 20.5. The first-order chi connectivity index (χ1) is 45.9. The second-order valence-corrected chi connectivity index (χ2v) is 24.4. The number of H-pyrrole nitrogens is 3. The van der Waals surface area contributed by atoms with Gasteiger partial charge < -0.3 is 29.2 Å². The standard InChI is InChI=1S/C26H20F2N2O2.C24H18F3N3O3S.C23H19N3O3S/c1-17(31)21-5-3-4-6-22(21)19-10-13-23-24(15-19)30-25(29-23)14-9-18-7-11-20(12-8-18)32-16-26(2,27)28;1-2-33-18-11-7-16(8-12-18)9-14-23-28-21-13-10-17(15-22(21)29-23)19-5-3-4-6-20(19)30-34(31,32)24(25,26)27;1-2-29-18-11-7-16(8-12-18)9-14-23-25-20-13-10-17(15-21(20)26-23)19-5-3-4-6-22(19)30(24,27)28/h3-8,10-13,15H,16H2,1-2H3,(H,29,30);3-8,10-13,15,30H,2H2,1H3,(H,28,29);3-8,10-13,15H,2H2,1H3,(H,25,26)(H2,24,27,28). The number of hydrogen-bond acceptors (Lipinski definition) is 11. The molecule has 0 radical (unpaired) electrons. The highest BCUT2D eigenvalue weighted by Gasteiger charge is 2.46. The van der Waals surface area contributed by atoms with Gasteiger partial charge in [-0.2, -0.15) is 21.6 Å². The summed E-state index contributed by atoms with van der Waals surface area (Å²) in [5.74, 6) is 18.5. The molecule has 96 heavy (non-hydrogen) atoms. The highest BCUT2D eigenvalue weighted by atomic mass is 32.2. The lowest BCUT2D eigenvalue weighted by atomic mass is 9.97. The minimum atomic E-state index is -5.56. The molecule has 0 amide bonds. The first-order valence-corrected chi connectivity index (χ1v) is 32.4. The Morgan fingerprint density at radius 3 is 1.27 bits per heavy atom. The van der Waals surface area contributed by atoms with Crippen molar-refractivity contribution >= 4 is 64.6 Å². The minimum absolute atomic E-state index is 0.0108. The van der Waals surface area contributed by atoms with Gasteiger partial charge >= 0.3 is 15.5 Å². The molecule has 3 heterocycles. The zero-order chi connectivity index (χ0) is 68.2. The fraction of sp³-hybridized carbons (Fsp3) is 0.123. The summed E-state index contributed by atoms with van der Waals surface area (Å²) in [5.41, 5.74) is 5.50. The molecule has 0 saturated carbocycles. The van der Waals surface area contributed by atoms with E-state index in [0.29, 0.717) is 69.7 Å². The van der Waals surface area contributed by atoms with E-state index < -0.39 is 38.1 Å². The number of aromatic amines is 3. The summed E-state index contributed by atoms with van der Waals surface area (Å²) in [6.07, 6.45) is 0.